The average Bonchev–Trinajstić information content (AvgIpc) is 2.36. The number of hydrogen-bond acceptors (Lipinski definition) is 3. The molecule has 0 aromatic heterocycles. The van der Waals surface area contributed by atoms with Gasteiger partial charge < -0.3 is 5.32 Å². The SMILES string of the molecule is CCN1CCNc2ccc(Br)cc2S1(=O)=O. The Morgan fingerprint density at radius 1 is 1.50 bits per heavy atom. The summed E-state index contributed by atoms with van der Waals surface area (Å²) in [6, 6.07) is 5.27. The molecule has 0 bridgehead atoms. The molecule has 0 saturated heterocycles. The minimum absolute atomic E-state index is 0.348. The standard InChI is InChI=1S/C10H13BrN2O2S/c1-2-13-6-5-12-9-4-3-8(11)7-10(9)16(13,14)15/h3-4,7,12H,2,5-6H2,1H3. The fourth-order valence-electron chi connectivity index (χ4n) is 1.76. The van der Waals surface area contributed by atoms with E-state index in [-0.39, 0.29) is 0 Å². The zero-order chi connectivity index (χ0) is 11.8. The quantitative estimate of drug-likeness (QED) is 0.862. The van der Waals surface area contributed by atoms with Gasteiger partial charge in [-0.3, -0.25) is 0 Å². The molecule has 0 aliphatic carbocycles. The highest BCUT2D eigenvalue weighted by Gasteiger charge is 2.28. The Bertz CT molecular complexity index is 502. The smallest absolute Gasteiger partial charge is 0.245 e. The van der Waals surface area contributed by atoms with Gasteiger partial charge >= 0.3 is 0 Å². The topological polar surface area (TPSA) is 49.4 Å². The van der Waals surface area contributed by atoms with E-state index < -0.39 is 10.0 Å². The molecule has 1 aliphatic heterocycles. The number of halogens is 1. The lowest BCUT2D eigenvalue weighted by atomic mass is 10.3. The third-order valence-corrected chi connectivity index (χ3v) is 5.10. The van der Waals surface area contributed by atoms with Gasteiger partial charge in [0, 0.05) is 24.1 Å². The molecule has 1 heterocycles. The zero-order valence-electron chi connectivity index (χ0n) is 8.90. The minimum Gasteiger partial charge on any atom is -0.383 e. The number of anilines is 1. The van der Waals surface area contributed by atoms with Gasteiger partial charge in [0.05, 0.1) is 5.69 Å². The molecule has 1 N–H and O–H groups in total. The van der Waals surface area contributed by atoms with Crippen LogP contribution in [0.15, 0.2) is 27.6 Å². The van der Waals surface area contributed by atoms with Crippen LogP contribution in [-0.4, -0.2) is 32.4 Å². The van der Waals surface area contributed by atoms with Crippen molar-refractivity contribution >= 4 is 31.6 Å². The number of rotatable bonds is 1. The molecule has 16 heavy (non-hydrogen) atoms. The lowest BCUT2D eigenvalue weighted by Crippen LogP contribution is -2.32. The third-order valence-electron chi connectivity index (χ3n) is 2.59. The van der Waals surface area contributed by atoms with E-state index in [1.54, 1.807) is 12.1 Å². The van der Waals surface area contributed by atoms with Gasteiger partial charge in [-0.25, -0.2) is 8.42 Å². The predicted molar refractivity (Wildman–Crippen MR) is 67.1 cm³/mol. The predicted octanol–water partition coefficient (Wildman–Crippen LogP) is 1.89. The van der Waals surface area contributed by atoms with Gasteiger partial charge in [0.25, 0.3) is 0 Å². The fourth-order valence-corrected chi connectivity index (χ4v) is 3.91. The van der Waals surface area contributed by atoms with Crippen LogP contribution in [0.25, 0.3) is 0 Å². The Balaban J connectivity index is 2.61. The third kappa shape index (κ3) is 1.97. The molecule has 0 saturated carbocycles. The van der Waals surface area contributed by atoms with Crippen molar-refractivity contribution in [2.24, 2.45) is 0 Å². The molecular weight excluding hydrogens is 292 g/mol. The van der Waals surface area contributed by atoms with Crippen molar-refractivity contribution in [1.29, 1.82) is 0 Å². The molecule has 1 aromatic rings. The molecule has 2 rings (SSSR count). The molecule has 88 valence electrons. The van der Waals surface area contributed by atoms with Crippen molar-refractivity contribution in [3.05, 3.63) is 22.7 Å². The lowest BCUT2D eigenvalue weighted by molar-refractivity contribution is 0.443. The maximum Gasteiger partial charge on any atom is 0.245 e. The maximum atomic E-state index is 12.3. The van der Waals surface area contributed by atoms with E-state index in [4.69, 9.17) is 0 Å². The number of likely N-dealkylation sites (N-methyl/N-ethyl adjacent to an activating group) is 1. The molecule has 0 radical (unpaired) electrons. The van der Waals surface area contributed by atoms with Crippen molar-refractivity contribution in [3.8, 4) is 0 Å². The first-order valence-corrected chi connectivity index (χ1v) is 7.32. The molecule has 4 nitrogen and oxygen atoms in total. The summed E-state index contributed by atoms with van der Waals surface area (Å²) in [5, 5.41) is 3.13. The first kappa shape index (κ1) is 11.9. The van der Waals surface area contributed by atoms with Crippen LogP contribution in [0.1, 0.15) is 6.92 Å². The first-order valence-electron chi connectivity index (χ1n) is 5.09. The largest absolute Gasteiger partial charge is 0.383 e. The molecular formula is C10H13BrN2O2S. The Morgan fingerprint density at radius 3 is 2.94 bits per heavy atom. The summed E-state index contributed by atoms with van der Waals surface area (Å²) in [6.07, 6.45) is 0. The second-order valence-electron chi connectivity index (χ2n) is 3.56. The highest BCUT2D eigenvalue weighted by Crippen LogP contribution is 2.29. The van der Waals surface area contributed by atoms with Crippen LogP contribution in [-0.2, 0) is 10.0 Å². The number of nitrogens with zero attached hydrogens (tertiary/aromatic N) is 1. The van der Waals surface area contributed by atoms with Gasteiger partial charge in [0.1, 0.15) is 4.90 Å². The first-order chi connectivity index (χ1) is 7.55. The van der Waals surface area contributed by atoms with Gasteiger partial charge in [-0.15, -0.1) is 0 Å². The normalized spacial score (nSPS) is 19.6. The second kappa shape index (κ2) is 4.35. The lowest BCUT2D eigenvalue weighted by Gasteiger charge is -2.17. The molecule has 0 fully saturated rings. The van der Waals surface area contributed by atoms with Crippen LogP contribution < -0.4 is 5.32 Å². The summed E-state index contributed by atoms with van der Waals surface area (Å²) < 4.78 is 26.8. The summed E-state index contributed by atoms with van der Waals surface area (Å²) in [4.78, 5) is 0.348. The van der Waals surface area contributed by atoms with Gasteiger partial charge in [0.2, 0.25) is 10.0 Å². The van der Waals surface area contributed by atoms with E-state index in [1.165, 1.54) is 4.31 Å². The Morgan fingerprint density at radius 2 is 2.25 bits per heavy atom. The number of hydrogen-bond donors (Lipinski definition) is 1. The molecule has 1 aromatic carbocycles. The number of nitrogens with one attached hydrogen (secondary N) is 1. The van der Waals surface area contributed by atoms with Crippen LogP contribution in [0, 0.1) is 0 Å². The highest BCUT2D eigenvalue weighted by atomic mass is 79.9. The Hall–Kier alpha value is -0.590. The van der Waals surface area contributed by atoms with Crippen LogP contribution in [0.4, 0.5) is 5.69 Å². The van der Waals surface area contributed by atoms with Crippen LogP contribution in [0.5, 0.6) is 0 Å². The van der Waals surface area contributed by atoms with Gasteiger partial charge in [0.15, 0.2) is 0 Å². The molecule has 0 spiro atoms. The average molecular weight is 305 g/mol. The Labute approximate surface area is 104 Å². The van der Waals surface area contributed by atoms with E-state index >= 15 is 0 Å². The summed E-state index contributed by atoms with van der Waals surface area (Å²) in [6.45, 7) is 3.49. The van der Waals surface area contributed by atoms with Crippen LogP contribution in [0.3, 0.4) is 0 Å². The van der Waals surface area contributed by atoms with E-state index in [0.29, 0.717) is 30.2 Å². The summed E-state index contributed by atoms with van der Waals surface area (Å²) in [5.74, 6) is 0. The summed E-state index contributed by atoms with van der Waals surface area (Å²) in [5.41, 5.74) is 0.680. The van der Waals surface area contributed by atoms with Crippen molar-refractivity contribution in [2.75, 3.05) is 25.0 Å². The molecule has 0 amide bonds. The molecule has 6 heteroatoms. The summed E-state index contributed by atoms with van der Waals surface area (Å²) >= 11 is 3.30. The van der Waals surface area contributed by atoms with Gasteiger partial charge in [-0.05, 0) is 18.2 Å². The van der Waals surface area contributed by atoms with Crippen LogP contribution >= 0.6 is 15.9 Å². The Kier molecular flexibility index (Phi) is 3.23. The van der Waals surface area contributed by atoms with Gasteiger partial charge in [-0.2, -0.15) is 4.31 Å². The maximum absolute atomic E-state index is 12.3. The van der Waals surface area contributed by atoms with E-state index in [9.17, 15) is 8.42 Å². The summed E-state index contributed by atoms with van der Waals surface area (Å²) in [7, 11) is -3.35. The number of sulfonamides is 1. The highest BCUT2D eigenvalue weighted by molar-refractivity contribution is 9.10. The number of fused-ring (bicyclic) bond motifs is 1. The molecule has 1 aliphatic rings. The zero-order valence-corrected chi connectivity index (χ0v) is 11.3. The van der Waals surface area contributed by atoms with Crippen molar-refractivity contribution in [2.45, 2.75) is 11.8 Å². The number of benzene rings is 1. The van der Waals surface area contributed by atoms with Crippen LogP contribution in [0.2, 0.25) is 0 Å². The van der Waals surface area contributed by atoms with Gasteiger partial charge in [-0.1, -0.05) is 22.9 Å². The van der Waals surface area contributed by atoms with Crippen molar-refractivity contribution < 1.29 is 8.42 Å². The van der Waals surface area contributed by atoms with E-state index in [1.807, 2.05) is 13.0 Å². The van der Waals surface area contributed by atoms with Crippen molar-refractivity contribution in [1.82, 2.24) is 4.31 Å². The molecule has 0 atom stereocenters. The van der Waals surface area contributed by atoms with E-state index in [0.717, 1.165) is 4.47 Å². The second-order valence-corrected chi connectivity index (χ2v) is 6.39. The monoisotopic (exact) mass is 304 g/mol. The molecule has 0 unspecified atom stereocenters. The fraction of sp³-hybridized carbons (Fsp3) is 0.400. The van der Waals surface area contributed by atoms with E-state index in [2.05, 4.69) is 21.2 Å². The van der Waals surface area contributed by atoms with Crippen molar-refractivity contribution in [3.63, 3.8) is 0 Å². The minimum atomic E-state index is -3.35.